The summed E-state index contributed by atoms with van der Waals surface area (Å²) < 4.78 is 5.58. The summed E-state index contributed by atoms with van der Waals surface area (Å²) >= 11 is 0. The van der Waals surface area contributed by atoms with Gasteiger partial charge in [0.25, 0.3) is 0 Å². The van der Waals surface area contributed by atoms with Crippen LogP contribution in [0.1, 0.15) is 56.9 Å². The third-order valence-corrected chi connectivity index (χ3v) is 4.91. The van der Waals surface area contributed by atoms with Gasteiger partial charge in [0.2, 0.25) is 5.91 Å². The first-order chi connectivity index (χ1) is 12.1. The van der Waals surface area contributed by atoms with E-state index in [2.05, 4.69) is 5.32 Å². The molecule has 1 aromatic carbocycles. The molecule has 1 amide bonds. The molecule has 0 bridgehead atoms. The quantitative estimate of drug-likeness (QED) is 0.529. The van der Waals surface area contributed by atoms with Gasteiger partial charge in [0.1, 0.15) is 0 Å². The molecule has 25 heavy (non-hydrogen) atoms. The maximum atomic E-state index is 12.2. The average molecular weight is 347 g/mol. The molecule has 0 saturated heterocycles. The van der Waals surface area contributed by atoms with Crippen LogP contribution in [0, 0.1) is 5.41 Å². The third-order valence-electron chi connectivity index (χ3n) is 4.91. The molecule has 1 aliphatic carbocycles. The van der Waals surface area contributed by atoms with Crippen LogP contribution < -0.4 is 5.32 Å². The molecule has 1 fully saturated rings. The number of benzene rings is 1. The van der Waals surface area contributed by atoms with E-state index in [-0.39, 0.29) is 12.3 Å². The Kier molecular flexibility index (Phi) is 7.92. The van der Waals surface area contributed by atoms with E-state index in [0.29, 0.717) is 32.6 Å². The largest absolute Gasteiger partial charge is 0.481 e. The lowest BCUT2D eigenvalue weighted by Gasteiger charge is -2.27. The van der Waals surface area contributed by atoms with Crippen molar-refractivity contribution in [1.29, 1.82) is 0 Å². The minimum atomic E-state index is -0.871. The van der Waals surface area contributed by atoms with Crippen molar-refractivity contribution in [2.75, 3.05) is 13.2 Å². The zero-order valence-corrected chi connectivity index (χ0v) is 14.8. The zero-order valence-electron chi connectivity index (χ0n) is 14.8. The molecule has 0 aliphatic heterocycles. The van der Waals surface area contributed by atoms with Gasteiger partial charge in [-0.05, 0) is 24.8 Å². The summed E-state index contributed by atoms with van der Waals surface area (Å²) in [5.41, 5.74) is 0.257. The molecule has 1 aliphatic rings. The van der Waals surface area contributed by atoms with Crippen LogP contribution in [0.15, 0.2) is 30.3 Å². The van der Waals surface area contributed by atoms with Crippen LogP contribution in [-0.2, 0) is 20.9 Å². The number of carbonyl (C=O) groups is 2. The van der Waals surface area contributed by atoms with Gasteiger partial charge in [-0.15, -0.1) is 0 Å². The zero-order chi connectivity index (χ0) is 18.0. The van der Waals surface area contributed by atoms with Crippen LogP contribution in [0.3, 0.4) is 0 Å². The molecule has 0 radical (unpaired) electrons. The topological polar surface area (TPSA) is 75.6 Å². The van der Waals surface area contributed by atoms with Gasteiger partial charge < -0.3 is 15.2 Å². The van der Waals surface area contributed by atoms with Gasteiger partial charge in [0.15, 0.2) is 0 Å². The summed E-state index contributed by atoms with van der Waals surface area (Å²) in [5, 5.41) is 12.5. The molecule has 0 spiro atoms. The van der Waals surface area contributed by atoms with Crippen molar-refractivity contribution in [3.63, 3.8) is 0 Å². The lowest BCUT2D eigenvalue weighted by Crippen LogP contribution is -2.37. The van der Waals surface area contributed by atoms with Crippen molar-refractivity contribution in [3.05, 3.63) is 35.9 Å². The first-order valence-corrected chi connectivity index (χ1v) is 9.24. The molecule has 1 aromatic rings. The number of rotatable bonds is 9. The molecule has 0 atom stereocenters. The molecule has 2 N–H and O–H groups in total. The van der Waals surface area contributed by atoms with Crippen LogP contribution in [0.25, 0.3) is 0 Å². The molecule has 138 valence electrons. The highest BCUT2D eigenvalue weighted by Crippen LogP contribution is 2.38. The van der Waals surface area contributed by atoms with E-state index in [0.717, 1.165) is 37.7 Å². The Morgan fingerprint density at radius 2 is 1.76 bits per heavy atom. The standard InChI is InChI=1S/C20H29NO4/c22-18(15-20(19(23)24)11-6-1-2-7-12-20)21-13-8-14-25-16-17-9-4-3-5-10-17/h3-5,9-10H,1-2,6-8,11-16H2,(H,21,22)(H,23,24). The smallest absolute Gasteiger partial charge is 0.310 e. The Morgan fingerprint density at radius 1 is 1.08 bits per heavy atom. The minimum absolute atomic E-state index is 0.0905. The number of hydrogen-bond acceptors (Lipinski definition) is 3. The lowest BCUT2D eigenvalue weighted by atomic mass is 9.77. The molecular formula is C20H29NO4. The Hall–Kier alpha value is -1.88. The number of carbonyl (C=O) groups excluding carboxylic acids is 1. The van der Waals surface area contributed by atoms with E-state index >= 15 is 0 Å². The average Bonchev–Trinajstić information content (AvgIpc) is 2.85. The predicted molar refractivity (Wildman–Crippen MR) is 96.1 cm³/mol. The van der Waals surface area contributed by atoms with Crippen LogP contribution in [0.4, 0.5) is 0 Å². The number of carboxylic acids is 1. The highest BCUT2D eigenvalue weighted by molar-refractivity contribution is 5.85. The monoisotopic (exact) mass is 347 g/mol. The van der Waals surface area contributed by atoms with Crippen molar-refractivity contribution in [2.45, 2.75) is 58.0 Å². The van der Waals surface area contributed by atoms with E-state index < -0.39 is 11.4 Å². The lowest BCUT2D eigenvalue weighted by molar-refractivity contribution is -0.152. The maximum absolute atomic E-state index is 12.2. The van der Waals surface area contributed by atoms with Crippen molar-refractivity contribution in [2.24, 2.45) is 5.41 Å². The SMILES string of the molecule is O=C(CC1(C(=O)O)CCCCCC1)NCCCOCc1ccccc1. The molecule has 1 saturated carbocycles. The molecule has 0 unspecified atom stereocenters. The highest BCUT2D eigenvalue weighted by atomic mass is 16.5. The molecular weight excluding hydrogens is 318 g/mol. The van der Waals surface area contributed by atoms with Crippen molar-refractivity contribution in [3.8, 4) is 0 Å². The highest BCUT2D eigenvalue weighted by Gasteiger charge is 2.40. The summed E-state index contributed by atoms with van der Waals surface area (Å²) in [6.45, 7) is 1.65. The number of carboxylic acid groups (broad SMARTS) is 1. The van der Waals surface area contributed by atoms with Gasteiger partial charge >= 0.3 is 5.97 Å². The van der Waals surface area contributed by atoms with E-state index in [4.69, 9.17) is 4.74 Å². The number of aliphatic carboxylic acids is 1. The molecule has 0 heterocycles. The summed E-state index contributed by atoms with van der Waals surface area (Å²) in [5.74, 6) is -0.983. The van der Waals surface area contributed by atoms with Crippen molar-refractivity contribution < 1.29 is 19.4 Å². The fraction of sp³-hybridized carbons (Fsp3) is 0.600. The second-order valence-corrected chi connectivity index (χ2v) is 6.92. The van der Waals surface area contributed by atoms with E-state index in [9.17, 15) is 14.7 Å². The number of amides is 1. The Morgan fingerprint density at radius 3 is 2.40 bits per heavy atom. The van der Waals surface area contributed by atoms with Crippen LogP contribution >= 0.6 is 0 Å². The first kappa shape index (κ1) is 19.4. The molecule has 2 rings (SSSR count). The van der Waals surface area contributed by atoms with Gasteiger partial charge in [-0.25, -0.2) is 0 Å². The number of ether oxygens (including phenoxy) is 1. The van der Waals surface area contributed by atoms with Crippen LogP contribution in [0.2, 0.25) is 0 Å². The van der Waals surface area contributed by atoms with Crippen molar-refractivity contribution >= 4 is 11.9 Å². The maximum Gasteiger partial charge on any atom is 0.310 e. The fourth-order valence-corrected chi connectivity index (χ4v) is 3.41. The van der Waals surface area contributed by atoms with Gasteiger partial charge in [-0.2, -0.15) is 0 Å². The second kappa shape index (κ2) is 10.2. The number of hydrogen-bond donors (Lipinski definition) is 2. The van der Waals surface area contributed by atoms with E-state index in [1.165, 1.54) is 0 Å². The van der Waals surface area contributed by atoms with Gasteiger partial charge in [-0.1, -0.05) is 56.0 Å². The molecule has 5 heteroatoms. The first-order valence-electron chi connectivity index (χ1n) is 9.24. The van der Waals surface area contributed by atoms with Crippen LogP contribution in [0.5, 0.6) is 0 Å². The van der Waals surface area contributed by atoms with Gasteiger partial charge in [0.05, 0.1) is 12.0 Å². The molecule has 0 aromatic heterocycles. The van der Waals surface area contributed by atoms with Gasteiger partial charge in [0, 0.05) is 19.6 Å². The minimum Gasteiger partial charge on any atom is -0.481 e. The van der Waals surface area contributed by atoms with Crippen LogP contribution in [-0.4, -0.2) is 30.1 Å². The summed E-state index contributed by atoms with van der Waals surface area (Å²) in [6, 6.07) is 9.95. The number of nitrogens with one attached hydrogen (secondary N) is 1. The van der Waals surface area contributed by atoms with E-state index in [1.807, 2.05) is 30.3 Å². The molecule has 5 nitrogen and oxygen atoms in total. The fourth-order valence-electron chi connectivity index (χ4n) is 3.41. The van der Waals surface area contributed by atoms with E-state index in [1.54, 1.807) is 0 Å². The summed E-state index contributed by atoms with van der Waals surface area (Å²) in [7, 11) is 0. The Balaban J connectivity index is 1.64. The predicted octanol–water partition coefficient (Wildman–Crippen LogP) is 3.52. The normalized spacial score (nSPS) is 16.8. The third kappa shape index (κ3) is 6.50. The second-order valence-electron chi connectivity index (χ2n) is 6.92. The Bertz CT molecular complexity index is 536. The van der Waals surface area contributed by atoms with Crippen molar-refractivity contribution in [1.82, 2.24) is 5.32 Å². The Labute approximate surface area is 149 Å². The van der Waals surface area contributed by atoms with Gasteiger partial charge in [-0.3, -0.25) is 9.59 Å². The summed E-state index contributed by atoms with van der Waals surface area (Å²) in [4.78, 5) is 23.9. The summed E-state index contributed by atoms with van der Waals surface area (Å²) in [6.07, 6.45) is 5.95.